The second-order valence-corrected chi connectivity index (χ2v) is 7.54. The summed E-state index contributed by atoms with van der Waals surface area (Å²) < 4.78 is 5.50. The third-order valence-electron chi connectivity index (χ3n) is 5.94. The first-order chi connectivity index (χ1) is 12.3. The molecular weight excluding hydrogens is 314 g/mol. The van der Waals surface area contributed by atoms with Gasteiger partial charge in [0.1, 0.15) is 0 Å². The van der Waals surface area contributed by atoms with Crippen molar-refractivity contribution in [2.45, 2.75) is 51.6 Å². The van der Waals surface area contributed by atoms with Crippen molar-refractivity contribution in [2.24, 2.45) is 4.99 Å². The molecule has 25 heavy (non-hydrogen) atoms. The lowest BCUT2D eigenvalue weighted by atomic mass is 10.2. The predicted molar refractivity (Wildman–Crippen MR) is 103 cm³/mol. The van der Waals surface area contributed by atoms with E-state index in [-0.39, 0.29) is 0 Å². The van der Waals surface area contributed by atoms with Gasteiger partial charge in [0.05, 0.1) is 19.8 Å². The van der Waals surface area contributed by atoms with Crippen LogP contribution < -0.4 is 5.32 Å². The minimum atomic E-state index is 0.605. The van der Waals surface area contributed by atoms with Crippen molar-refractivity contribution in [2.75, 3.05) is 65.6 Å². The smallest absolute Gasteiger partial charge is 0.194 e. The fourth-order valence-electron chi connectivity index (χ4n) is 4.40. The summed E-state index contributed by atoms with van der Waals surface area (Å²) >= 11 is 0. The SMILES string of the molecule is CCNC(=NCC(CC)N1CCCC1)N1CCC(N2CCOCC2)C1. The maximum atomic E-state index is 5.50. The molecule has 0 saturated carbocycles. The average Bonchev–Trinajstić information content (AvgIpc) is 3.34. The van der Waals surface area contributed by atoms with Gasteiger partial charge in [0.25, 0.3) is 0 Å². The van der Waals surface area contributed by atoms with Gasteiger partial charge in [0.2, 0.25) is 0 Å². The van der Waals surface area contributed by atoms with E-state index >= 15 is 0 Å². The van der Waals surface area contributed by atoms with Gasteiger partial charge in [0.15, 0.2) is 5.96 Å². The molecule has 3 aliphatic heterocycles. The monoisotopic (exact) mass is 351 g/mol. The number of nitrogens with zero attached hydrogens (tertiary/aromatic N) is 4. The molecule has 2 unspecified atom stereocenters. The number of hydrogen-bond donors (Lipinski definition) is 1. The van der Waals surface area contributed by atoms with Gasteiger partial charge in [-0.2, -0.15) is 0 Å². The third kappa shape index (κ3) is 5.08. The first-order valence-corrected chi connectivity index (χ1v) is 10.4. The molecule has 3 saturated heterocycles. The summed E-state index contributed by atoms with van der Waals surface area (Å²) in [6, 6.07) is 1.27. The quantitative estimate of drug-likeness (QED) is 0.576. The zero-order chi connectivity index (χ0) is 17.5. The number of aliphatic imine (C=N–C) groups is 1. The highest BCUT2D eigenvalue weighted by atomic mass is 16.5. The lowest BCUT2D eigenvalue weighted by molar-refractivity contribution is 0.0195. The maximum absolute atomic E-state index is 5.50. The normalized spacial score (nSPS) is 27.8. The van der Waals surface area contributed by atoms with Crippen LogP contribution in [0.4, 0.5) is 0 Å². The summed E-state index contributed by atoms with van der Waals surface area (Å²) in [7, 11) is 0. The number of hydrogen-bond acceptors (Lipinski definition) is 4. The number of likely N-dealkylation sites (tertiary alicyclic amines) is 2. The second kappa shape index (κ2) is 9.74. The molecule has 0 aliphatic carbocycles. The van der Waals surface area contributed by atoms with Crippen LogP contribution in [0, 0.1) is 0 Å². The average molecular weight is 352 g/mol. The summed E-state index contributed by atoms with van der Waals surface area (Å²) in [6.45, 7) is 15.0. The summed E-state index contributed by atoms with van der Waals surface area (Å²) in [6.07, 6.45) is 5.15. The maximum Gasteiger partial charge on any atom is 0.194 e. The van der Waals surface area contributed by atoms with Crippen LogP contribution in [0.3, 0.4) is 0 Å². The van der Waals surface area contributed by atoms with Gasteiger partial charge in [-0.1, -0.05) is 6.92 Å². The molecule has 0 spiro atoms. The Morgan fingerprint density at radius 2 is 1.88 bits per heavy atom. The Balaban J connectivity index is 1.56. The van der Waals surface area contributed by atoms with E-state index in [0.717, 1.165) is 58.4 Å². The Hall–Kier alpha value is -0.850. The summed E-state index contributed by atoms with van der Waals surface area (Å²) in [5, 5.41) is 3.53. The zero-order valence-corrected chi connectivity index (χ0v) is 16.3. The van der Waals surface area contributed by atoms with E-state index in [1.54, 1.807) is 0 Å². The highest BCUT2D eigenvalue weighted by Gasteiger charge is 2.30. The lowest BCUT2D eigenvalue weighted by Gasteiger charge is -2.32. The lowest BCUT2D eigenvalue weighted by Crippen LogP contribution is -2.47. The number of morpholine rings is 1. The molecule has 0 aromatic carbocycles. The van der Waals surface area contributed by atoms with E-state index in [4.69, 9.17) is 9.73 Å². The molecule has 2 atom stereocenters. The van der Waals surface area contributed by atoms with Crippen LogP contribution >= 0.6 is 0 Å². The highest BCUT2D eigenvalue weighted by Crippen LogP contribution is 2.18. The summed E-state index contributed by atoms with van der Waals surface area (Å²) in [4.78, 5) is 12.7. The molecule has 3 aliphatic rings. The molecule has 0 aromatic heterocycles. The van der Waals surface area contributed by atoms with E-state index in [2.05, 4.69) is 33.9 Å². The van der Waals surface area contributed by atoms with Crippen LogP contribution in [0.1, 0.15) is 39.5 Å². The minimum absolute atomic E-state index is 0.605. The predicted octanol–water partition coefficient (Wildman–Crippen LogP) is 1.23. The minimum Gasteiger partial charge on any atom is -0.379 e. The third-order valence-corrected chi connectivity index (χ3v) is 5.94. The molecule has 6 nitrogen and oxygen atoms in total. The molecule has 3 heterocycles. The number of nitrogens with one attached hydrogen (secondary N) is 1. The van der Waals surface area contributed by atoms with E-state index in [1.165, 1.54) is 38.8 Å². The van der Waals surface area contributed by atoms with Crippen molar-refractivity contribution < 1.29 is 4.74 Å². The number of rotatable bonds is 6. The summed E-state index contributed by atoms with van der Waals surface area (Å²) in [5.74, 6) is 1.12. The molecule has 6 heteroatoms. The highest BCUT2D eigenvalue weighted by molar-refractivity contribution is 5.80. The Bertz CT molecular complexity index is 418. The van der Waals surface area contributed by atoms with Crippen molar-refractivity contribution in [3.63, 3.8) is 0 Å². The molecular formula is C19H37N5O. The van der Waals surface area contributed by atoms with Crippen LogP contribution in [0.15, 0.2) is 4.99 Å². The van der Waals surface area contributed by atoms with Crippen LogP contribution in [-0.2, 0) is 4.74 Å². The number of ether oxygens (including phenoxy) is 1. The van der Waals surface area contributed by atoms with Gasteiger partial charge >= 0.3 is 0 Å². The van der Waals surface area contributed by atoms with E-state index < -0.39 is 0 Å². The molecule has 0 aromatic rings. The van der Waals surface area contributed by atoms with Crippen molar-refractivity contribution in [1.82, 2.24) is 20.0 Å². The van der Waals surface area contributed by atoms with Crippen LogP contribution in [-0.4, -0.2) is 98.3 Å². The van der Waals surface area contributed by atoms with Gasteiger partial charge in [-0.3, -0.25) is 14.8 Å². The summed E-state index contributed by atoms with van der Waals surface area (Å²) in [5.41, 5.74) is 0. The van der Waals surface area contributed by atoms with Crippen molar-refractivity contribution >= 4 is 5.96 Å². The number of guanidine groups is 1. The van der Waals surface area contributed by atoms with Gasteiger partial charge in [-0.15, -0.1) is 0 Å². The molecule has 144 valence electrons. The van der Waals surface area contributed by atoms with Crippen molar-refractivity contribution in [3.05, 3.63) is 0 Å². The van der Waals surface area contributed by atoms with Crippen molar-refractivity contribution in [1.29, 1.82) is 0 Å². The first-order valence-electron chi connectivity index (χ1n) is 10.4. The molecule has 0 bridgehead atoms. The molecule has 3 rings (SSSR count). The molecule has 0 amide bonds. The second-order valence-electron chi connectivity index (χ2n) is 7.54. The Morgan fingerprint density at radius 3 is 2.56 bits per heavy atom. The Morgan fingerprint density at radius 1 is 1.12 bits per heavy atom. The van der Waals surface area contributed by atoms with E-state index in [9.17, 15) is 0 Å². The Kier molecular flexibility index (Phi) is 7.37. The standard InChI is InChI=1S/C19H37N5O/c1-3-17(22-8-5-6-9-22)15-21-19(20-4-2)24-10-7-18(16-24)23-11-13-25-14-12-23/h17-18H,3-16H2,1-2H3,(H,20,21). The molecule has 3 fully saturated rings. The van der Waals surface area contributed by atoms with Gasteiger partial charge < -0.3 is 15.0 Å². The van der Waals surface area contributed by atoms with E-state index in [0.29, 0.717) is 12.1 Å². The fraction of sp³-hybridized carbons (Fsp3) is 0.947. The fourth-order valence-corrected chi connectivity index (χ4v) is 4.40. The van der Waals surface area contributed by atoms with Crippen LogP contribution in [0.25, 0.3) is 0 Å². The van der Waals surface area contributed by atoms with E-state index in [1.807, 2.05) is 0 Å². The van der Waals surface area contributed by atoms with Crippen LogP contribution in [0.2, 0.25) is 0 Å². The molecule has 1 N–H and O–H groups in total. The van der Waals surface area contributed by atoms with Crippen LogP contribution in [0.5, 0.6) is 0 Å². The van der Waals surface area contributed by atoms with Gasteiger partial charge in [-0.25, -0.2) is 0 Å². The zero-order valence-electron chi connectivity index (χ0n) is 16.3. The molecule has 0 radical (unpaired) electrons. The largest absolute Gasteiger partial charge is 0.379 e. The first kappa shape index (κ1) is 18.9. The Labute approximate surface area is 153 Å². The van der Waals surface area contributed by atoms with Gasteiger partial charge in [0, 0.05) is 44.8 Å². The van der Waals surface area contributed by atoms with Gasteiger partial charge in [-0.05, 0) is 45.7 Å². The van der Waals surface area contributed by atoms with Crippen molar-refractivity contribution in [3.8, 4) is 0 Å². The topological polar surface area (TPSA) is 43.3 Å².